The average Bonchev–Trinajstić information content (AvgIpc) is 3.06. The Kier molecular flexibility index (Phi) is 4.55. The standard InChI is InChI=1S/C18H15N3O2/c22-18(15-5-6-17-14(12-15)7-10-20-17)21-9-1-2-11-23-16-4-3-8-19-13-16/h3-8,10,12-13,20H,9,11H2,(H,21,22). The minimum absolute atomic E-state index is 0.143. The van der Waals surface area contributed by atoms with E-state index in [1.54, 1.807) is 24.5 Å². The number of H-pyrrole nitrogens is 1. The number of carbonyl (C=O) groups is 1. The van der Waals surface area contributed by atoms with Crippen LogP contribution in [-0.2, 0) is 0 Å². The summed E-state index contributed by atoms with van der Waals surface area (Å²) in [6, 6.07) is 11.1. The Hall–Kier alpha value is -3.26. The van der Waals surface area contributed by atoms with Gasteiger partial charge in [0, 0.05) is 28.9 Å². The van der Waals surface area contributed by atoms with Crippen LogP contribution >= 0.6 is 0 Å². The maximum atomic E-state index is 12.0. The lowest BCUT2D eigenvalue weighted by atomic mass is 10.1. The van der Waals surface area contributed by atoms with Gasteiger partial charge >= 0.3 is 0 Å². The summed E-state index contributed by atoms with van der Waals surface area (Å²) in [5.41, 5.74) is 1.62. The second kappa shape index (κ2) is 7.14. The van der Waals surface area contributed by atoms with Gasteiger partial charge in [0.05, 0.1) is 12.7 Å². The number of hydrogen-bond acceptors (Lipinski definition) is 3. The quantitative estimate of drug-likeness (QED) is 0.727. The van der Waals surface area contributed by atoms with E-state index in [4.69, 9.17) is 4.74 Å². The highest BCUT2D eigenvalue weighted by Gasteiger charge is 2.05. The number of carbonyl (C=O) groups excluding carboxylic acids is 1. The second-order valence-corrected chi connectivity index (χ2v) is 4.79. The van der Waals surface area contributed by atoms with Crippen molar-refractivity contribution in [3.8, 4) is 17.6 Å². The minimum atomic E-state index is -0.143. The number of ether oxygens (including phenoxy) is 1. The number of fused-ring (bicyclic) bond motifs is 1. The van der Waals surface area contributed by atoms with Gasteiger partial charge in [-0.3, -0.25) is 9.78 Å². The summed E-state index contributed by atoms with van der Waals surface area (Å²) in [6.45, 7) is 0.539. The Morgan fingerprint density at radius 2 is 2.22 bits per heavy atom. The highest BCUT2D eigenvalue weighted by atomic mass is 16.5. The lowest BCUT2D eigenvalue weighted by molar-refractivity contribution is 0.0959. The number of benzene rings is 1. The third-order valence-electron chi connectivity index (χ3n) is 3.22. The number of hydrogen-bond donors (Lipinski definition) is 2. The topological polar surface area (TPSA) is 67.0 Å². The summed E-state index contributed by atoms with van der Waals surface area (Å²) in [4.78, 5) is 19.1. The predicted octanol–water partition coefficient (Wildman–Crippen LogP) is 2.38. The Balaban J connectivity index is 1.47. The van der Waals surface area contributed by atoms with Gasteiger partial charge in [0.1, 0.15) is 12.4 Å². The summed E-state index contributed by atoms with van der Waals surface area (Å²) in [7, 11) is 0. The number of nitrogens with one attached hydrogen (secondary N) is 2. The molecule has 0 radical (unpaired) electrons. The van der Waals surface area contributed by atoms with Crippen LogP contribution in [0, 0.1) is 11.8 Å². The molecule has 0 atom stereocenters. The van der Waals surface area contributed by atoms with Gasteiger partial charge in [0.15, 0.2) is 0 Å². The molecule has 5 heteroatoms. The van der Waals surface area contributed by atoms with Crippen molar-refractivity contribution in [3.05, 3.63) is 60.6 Å². The Morgan fingerprint density at radius 3 is 3.09 bits per heavy atom. The van der Waals surface area contributed by atoms with Gasteiger partial charge in [-0.25, -0.2) is 0 Å². The molecule has 3 aromatic rings. The molecule has 5 nitrogen and oxygen atoms in total. The summed E-state index contributed by atoms with van der Waals surface area (Å²) >= 11 is 0. The molecule has 0 bridgehead atoms. The Morgan fingerprint density at radius 1 is 1.26 bits per heavy atom. The predicted molar refractivity (Wildman–Crippen MR) is 88.1 cm³/mol. The molecule has 23 heavy (non-hydrogen) atoms. The van der Waals surface area contributed by atoms with Crippen LogP contribution in [0.3, 0.4) is 0 Å². The first kappa shape index (κ1) is 14.7. The van der Waals surface area contributed by atoms with Crippen molar-refractivity contribution in [2.45, 2.75) is 0 Å². The fraction of sp³-hybridized carbons (Fsp3) is 0.111. The van der Waals surface area contributed by atoms with E-state index in [2.05, 4.69) is 27.1 Å². The SMILES string of the molecule is O=C(NCC#CCOc1cccnc1)c1ccc2[nH]ccc2c1. The van der Waals surface area contributed by atoms with E-state index < -0.39 is 0 Å². The highest BCUT2D eigenvalue weighted by Crippen LogP contribution is 2.14. The molecule has 0 saturated carbocycles. The van der Waals surface area contributed by atoms with Gasteiger partial charge in [0.2, 0.25) is 0 Å². The fourth-order valence-electron chi connectivity index (χ4n) is 2.09. The van der Waals surface area contributed by atoms with Crippen LogP contribution in [0.1, 0.15) is 10.4 Å². The molecule has 0 aliphatic heterocycles. The van der Waals surface area contributed by atoms with Crippen LogP contribution in [0.15, 0.2) is 55.0 Å². The molecule has 1 aromatic carbocycles. The van der Waals surface area contributed by atoms with Crippen molar-refractivity contribution >= 4 is 16.8 Å². The van der Waals surface area contributed by atoms with E-state index >= 15 is 0 Å². The van der Waals surface area contributed by atoms with Crippen LogP contribution in [0.4, 0.5) is 0 Å². The molecule has 0 unspecified atom stereocenters. The zero-order valence-electron chi connectivity index (χ0n) is 12.4. The van der Waals surface area contributed by atoms with E-state index in [-0.39, 0.29) is 19.1 Å². The lowest BCUT2D eigenvalue weighted by Gasteiger charge is -2.02. The van der Waals surface area contributed by atoms with Gasteiger partial charge in [-0.1, -0.05) is 11.8 Å². The first-order chi connectivity index (χ1) is 11.3. The van der Waals surface area contributed by atoms with E-state index in [0.717, 1.165) is 10.9 Å². The number of rotatable bonds is 4. The van der Waals surface area contributed by atoms with E-state index in [1.807, 2.05) is 30.5 Å². The number of aromatic nitrogens is 2. The molecule has 0 aliphatic rings. The molecule has 0 aliphatic carbocycles. The van der Waals surface area contributed by atoms with Crippen LogP contribution in [0.5, 0.6) is 5.75 Å². The van der Waals surface area contributed by atoms with Gasteiger partial charge in [-0.05, 0) is 36.4 Å². The molecule has 2 N–H and O–H groups in total. The van der Waals surface area contributed by atoms with Crippen LogP contribution in [0.2, 0.25) is 0 Å². The molecule has 1 amide bonds. The maximum Gasteiger partial charge on any atom is 0.252 e. The van der Waals surface area contributed by atoms with Crippen molar-refractivity contribution in [1.29, 1.82) is 0 Å². The molecule has 114 valence electrons. The van der Waals surface area contributed by atoms with E-state index in [0.29, 0.717) is 11.3 Å². The van der Waals surface area contributed by atoms with Crippen LogP contribution in [0.25, 0.3) is 10.9 Å². The first-order valence-electron chi connectivity index (χ1n) is 7.17. The molecule has 0 fully saturated rings. The first-order valence-corrected chi connectivity index (χ1v) is 7.17. The molecule has 2 heterocycles. The Bertz CT molecular complexity index is 860. The average molecular weight is 305 g/mol. The maximum absolute atomic E-state index is 12.0. The largest absolute Gasteiger partial charge is 0.479 e. The summed E-state index contributed by atoms with van der Waals surface area (Å²) < 4.78 is 5.38. The highest BCUT2D eigenvalue weighted by molar-refractivity contribution is 5.98. The zero-order chi connectivity index (χ0) is 15.9. The number of pyridine rings is 1. The normalized spacial score (nSPS) is 9.91. The zero-order valence-corrected chi connectivity index (χ0v) is 12.4. The number of aromatic amines is 1. The van der Waals surface area contributed by atoms with Crippen molar-refractivity contribution in [1.82, 2.24) is 15.3 Å². The van der Waals surface area contributed by atoms with Crippen LogP contribution in [-0.4, -0.2) is 29.0 Å². The van der Waals surface area contributed by atoms with Crippen molar-refractivity contribution in [3.63, 3.8) is 0 Å². The van der Waals surface area contributed by atoms with E-state index in [9.17, 15) is 4.79 Å². The fourth-order valence-corrected chi connectivity index (χ4v) is 2.09. The molecule has 3 rings (SSSR count). The van der Waals surface area contributed by atoms with E-state index in [1.165, 1.54) is 0 Å². The monoisotopic (exact) mass is 305 g/mol. The summed E-state index contributed by atoms with van der Waals surface area (Å²) in [5.74, 6) is 6.23. The molecular weight excluding hydrogens is 290 g/mol. The minimum Gasteiger partial charge on any atom is -0.479 e. The third-order valence-corrected chi connectivity index (χ3v) is 3.22. The van der Waals surface area contributed by atoms with Crippen molar-refractivity contribution in [2.24, 2.45) is 0 Å². The smallest absolute Gasteiger partial charge is 0.252 e. The number of nitrogens with zero attached hydrogens (tertiary/aromatic N) is 1. The molecule has 0 saturated heterocycles. The van der Waals surface area contributed by atoms with Gasteiger partial charge in [0.25, 0.3) is 5.91 Å². The summed E-state index contributed by atoms with van der Waals surface area (Å²) in [6.07, 6.45) is 5.15. The second-order valence-electron chi connectivity index (χ2n) is 4.79. The number of amides is 1. The third kappa shape index (κ3) is 3.89. The van der Waals surface area contributed by atoms with Gasteiger partial charge < -0.3 is 15.0 Å². The van der Waals surface area contributed by atoms with Gasteiger partial charge in [-0.2, -0.15) is 0 Å². The lowest BCUT2D eigenvalue weighted by Crippen LogP contribution is -2.23. The summed E-state index contributed by atoms with van der Waals surface area (Å²) in [5, 5.41) is 3.77. The molecular formula is C18H15N3O2. The van der Waals surface area contributed by atoms with Crippen molar-refractivity contribution < 1.29 is 9.53 Å². The van der Waals surface area contributed by atoms with Crippen LogP contribution < -0.4 is 10.1 Å². The Labute approximate surface area is 133 Å². The molecule has 0 spiro atoms. The molecule has 2 aromatic heterocycles. The van der Waals surface area contributed by atoms with Crippen molar-refractivity contribution in [2.75, 3.05) is 13.2 Å². The van der Waals surface area contributed by atoms with Gasteiger partial charge in [-0.15, -0.1) is 0 Å².